The fourth-order valence-electron chi connectivity index (χ4n) is 0.368. The van der Waals surface area contributed by atoms with E-state index in [2.05, 4.69) is 25.3 Å². The Kier molecular flexibility index (Phi) is 26.5. The van der Waals surface area contributed by atoms with Crippen molar-refractivity contribution < 1.29 is 78.4 Å². The average Bonchev–Trinajstić information content (AvgIpc) is 1.83. The molecule has 0 spiro atoms. The predicted molar refractivity (Wildman–Crippen MR) is 48.9 cm³/mol. The van der Waals surface area contributed by atoms with Crippen LogP contribution in [0.5, 0.6) is 0 Å². The van der Waals surface area contributed by atoms with Gasteiger partial charge in [-0.3, -0.25) is 9.59 Å². The van der Waals surface area contributed by atoms with Crippen LogP contribution in [-0.2, 0) is 0 Å². The zero-order valence-corrected chi connectivity index (χ0v) is 13.0. The van der Waals surface area contributed by atoms with Crippen LogP contribution in [0.2, 0.25) is 0 Å². The Labute approximate surface area is 132 Å². The van der Waals surface area contributed by atoms with Gasteiger partial charge in [-0.05, 0) is 0 Å². The summed E-state index contributed by atoms with van der Waals surface area (Å²) >= 11 is 7.33. The third-order valence-corrected chi connectivity index (χ3v) is 1.89. The Hall–Kier alpha value is 1.66. The van der Waals surface area contributed by atoms with Crippen molar-refractivity contribution >= 4 is 25.3 Å². The third kappa shape index (κ3) is 5.95. The van der Waals surface area contributed by atoms with Crippen molar-refractivity contribution in [1.29, 1.82) is 0 Å². The van der Waals surface area contributed by atoms with E-state index < -0.39 is 10.9 Å². The van der Waals surface area contributed by atoms with Crippen LogP contribution in [0, 0.1) is 0 Å². The molecule has 0 aromatic heterocycles. The second kappa shape index (κ2) is 11.7. The van der Waals surface area contributed by atoms with E-state index in [-0.39, 0.29) is 88.2 Å². The van der Waals surface area contributed by atoms with Crippen molar-refractivity contribution in [2.75, 3.05) is 0 Å². The minimum absolute atomic E-state index is 0. The molecule has 9 heteroatoms. The molecule has 0 amide bonds. The van der Waals surface area contributed by atoms with E-state index in [1.807, 2.05) is 0 Å². The van der Waals surface area contributed by atoms with E-state index in [0.717, 1.165) is 0 Å². The predicted octanol–water partition coefficient (Wildman–Crippen LogP) is -8.38. The van der Waals surface area contributed by atoms with Gasteiger partial charge in [-0.25, -0.2) is 0 Å². The zero-order chi connectivity index (χ0) is 6.31. The number of thiol groups is 2. The van der Waals surface area contributed by atoms with Gasteiger partial charge in [-0.2, -0.15) is 0 Å². The molecule has 0 bridgehead atoms. The van der Waals surface area contributed by atoms with Crippen molar-refractivity contribution in [2.45, 2.75) is 9.79 Å². The molecule has 70 valence electrons. The first-order chi connectivity index (χ1) is 3.64. The van der Waals surface area contributed by atoms with Crippen molar-refractivity contribution in [3.05, 3.63) is 20.4 Å². The molecule has 0 saturated heterocycles. The number of rotatable bonds is 0. The first kappa shape index (κ1) is 29.3. The maximum absolute atomic E-state index is 10.2. The second-order valence-electron chi connectivity index (χ2n) is 1.36. The standard InChI is InChI=1S/C4H2O2S2.2Na.3H2O.2H/c5-1-2(6)4(8)3(1)7;;;;;;;/h7-8H;;;3*1H2;;/q;2*+1;;;;2*-1. The molecule has 0 radical (unpaired) electrons. The summed E-state index contributed by atoms with van der Waals surface area (Å²) in [5.74, 6) is 0. The van der Waals surface area contributed by atoms with E-state index in [4.69, 9.17) is 0 Å². The Balaban J connectivity index is -0.0000000183. The minimum atomic E-state index is -0.529. The largest absolute Gasteiger partial charge is 1.00 e. The summed E-state index contributed by atoms with van der Waals surface area (Å²) in [5.41, 5.74) is -1.06. The smallest absolute Gasteiger partial charge is 1.00 e. The monoisotopic (exact) mass is 248 g/mol. The van der Waals surface area contributed by atoms with Crippen LogP contribution in [-0.4, -0.2) is 16.4 Å². The van der Waals surface area contributed by atoms with Gasteiger partial charge in [0.15, 0.2) is 0 Å². The molecular weight excluding hydrogens is 238 g/mol. The van der Waals surface area contributed by atoms with E-state index >= 15 is 0 Å². The van der Waals surface area contributed by atoms with Crippen LogP contribution in [0.25, 0.3) is 0 Å². The summed E-state index contributed by atoms with van der Waals surface area (Å²) in [6.07, 6.45) is 0. The van der Waals surface area contributed by atoms with Gasteiger partial charge in [-0.15, -0.1) is 25.3 Å². The molecule has 0 unspecified atom stereocenters. The van der Waals surface area contributed by atoms with Crippen LogP contribution in [0.4, 0.5) is 0 Å². The first-order valence-electron chi connectivity index (χ1n) is 1.86. The molecule has 1 aromatic carbocycles. The van der Waals surface area contributed by atoms with Crippen molar-refractivity contribution in [3.63, 3.8) is 0 Å². The van der Waals surface area contributed by atoms with Gasteiger partial charge in [0.1, 0.15) is 0 Å². The third-order valence-electron chi connectivity index (χ3n) is 0.861. The molecule has 1 rings (SSSR count). The van der Waals surface area contributed by atoms with Crippen LogP contribution >= 0.6 is 25.3 Å². The van der Waals surface area contributed by atoms with Crippen LogP contribution < -0.4 is 70.0 Å². The SMILES string of the molecule is O.O.O.O=c1c(S)c(S)c1=O.[H-].[H-].[Na+].[Na+]. The topological polar surface area (TPSA) is 129 Å². The van der Waals surface area contributed by atoms with Crippen LogP contribution in [0.1, 0.15) is 2.85 Å². The molecule has 5 nitrogen and oxygen atoms in total. The van der Waals surface area contributed by atoms with Crippen molar-refractivity contribution in [3.8, 4) is 0 Å². The quantitative estimate of drug-likeness (QED) is 0.268. The van der Waals surface area contributed by atoms with Gasteiger partial charge in [0, 0.05) is 0 Å². The molecule has 0 aliphatic carbocycles. The van der Waals surface area contributed by atoms with Crippen LogP contribution in [0.15, 0.2) is 19.4 Å². The van der Waals surface area contributed by atoms with E-state index in [0.29, 0.717) is 0 Å². The van der Waals surface area contributed by atoms with E-state index in [1.165, 1.54) is 0 Å². The molecule has 0 aliphatic heterocycles. The minimum Gasteiger partial charge on any atom is -1.00 e. The molecule has 0 atom stereocenters. The Bertz CT molecular complexity index is 273. The van der Waals surface area contributed by atoms with Gasteiger partial charge in [0.2, 0.25) is 10.9 Å². The van der Waals surface area contributed by atoms with Crippen molar-refractivity contribution in [2.24, 2.45) is 0 Å². The maximum atomic E-state index is 10.2. The number of hydrogen-bond acceptors (Lipinski definition) is 4. The normalized spacial score (nSPS) is 6.31. The van der Waals surface area contributed by atoms with Crippen molar-refractivity contribution in [1.82, 2.24) is 0 Å². The maximum Gasteiger partial charge on any atom is 1.00 e. The molecular formula is C4H10Na2O5S2. The fraction of sp³-hybridized carbons (Fsp3) is 0. The summed E-state index contributed by atoms with van der Waals surface area (Å²) < 4.78 is 0. The Morgan fingerprint density at radius 3 is 1.00 bits per heavy atom. The molecule has 13 heavy (non-hydrogen) atoms. The van der Waals surface area contributed by atoms with Gasteiger partial charge in [0.25, 0.3) is 0 Å². The van der Waals surface area contributed by atoms with E-state index in [1.54, 1.807) is 0 Å². The molecule has 0 heterocycles. The van der Waals surface area contributed by atoms with Gasteiger partial charge >= 0.3 is 59.1 Å². The fourth-order valence-corrected chi connectivity index (χ4v) is 0.774. The molecule has 0 saturated carbocycles. The average molecular weight is 248 g/mol. The summed E-state index contributed by atoms with van der Waals surface area (Å²) in [5, 5.41) is 0. The van der Waals surface area contributed by atoms with Gasteiger partial charge in [0.05, 0.1) is 9.79 Å². The summed E-state index contributed by atoms with van der Waals surface area (Å²) in [6, 6.07) is 0. The second-order valence-corrected chi connectivity index (χ2v) is 2.25. The summed E-state index contributed by atoms with van der Waals surface area (Å²) in [7, 11) is 0. The summed E-state index contributed by atoms with van der Waals surface area (Å²) in [4.78, 5) is 20.8. The summed E-state index contributed by atoms with van der Waals surface area (Å²) in [6.45, 7) is 0. The van der Waals surface area contributed by atoms with Gasteiger partial charge < -0.3 is 19.3 Å². The zero-order valence-electron chi connectivity index (χ0n) is 9.21. The molecule has 0 aliphatic rings. The number of hydrogen-bond donors (Lipinski definition) is 2. The molecule has 1 aromatic rings. The first-order valence-corrected chi connectivity index (χ1v) is 2.75. The molecule has 6 N–H and O–H groups in total. The molecule has 0 fully saturated rings. The van der Waals surface area contributed by atoms with Gasteiger partial charge in [-0.1, -0.05) is 0 Å². The van der Waals surface area contributed by atoms with Crippen LogP contribution in [0.3, 0.4) is 0 Å². The Morgan fingerprint density at radius 1 is 0.769 bits per heavy atom. The Morgan fingerprint density at radius 2 is 0.923 bits per heavy atom. The van der Waals surface area contributed by atoms with E-state index in [9.17, 15) is 9.59 Å².